The molecule has 0 radical (unpaired) electrons. The molecule has 0 aliphatic carbocycles. The van der Waals surface area contributed by atoms with Crippen molar-refractivity contribution in [2.75, 3.05) is 19.0 Å². The Morgan fingerprint density at radius 1 is 1.10 bits per heavy atom. The molecule has 0 saturated carbocycles. The van der Waals surface area contributed by atoms with Crippen LogP contribution in [0.15, 0.2) is 59.7 Å². The number of methoxy groups -OCH3 is 1. The molecule has 1 heterocycles. The van der Waals surface area contributed by atoms with E-state index in [-0.39, 0.29) is 18.7 Å². The van der Waals surface area contributed by atoms with E-state index in [0.29, 0.717) is 24.4 Å². The molecule has 0 fully saturated rings. The molecule has 0 bridgehead atoms. The number of anilines is 1. The zero-order valence-corrected chi connectivity index (χ0v) is 17.5. The zero-order chi connectivity index (χ0) is 22.2. The highest BCUT2D eigenvalue weighted by Gasteiger charge is 2.23. The van der Waals surface area contributed by atoms with Crippen LogP contribution in [0, 0.1) is 0 Å². The molecule has 1 atom stereocenters. The fraction of sp³-hybridized carbons (Fsp3) is 0.304. The van der Waals surface area contributed by atoms with Crippen molar-refractivity contribution in [2.45, 2.75) is 32.3 Å². The highest BCUT2D eigenvalue weighted by molar-refractivity contribution is 6.02. The van der Waals surface area contributed by atoms with Crippen LogP contribution >= 0.6 is 0 Å². The molecule has 3 rings (SSSR count). The van der Waals surface area contributed by atoms with Crippen molar-refractivity contribution >= 4 is 29.2 Å². The number of hydrazone groups is 1. The molecule has 8 heteroatoms. The Labute approximate surface area is 180 Å². The van der Waals surface area contributed by atoms with Crippen LogP contribution in [-0.2, 0) is 19.1 Å². The largest absolute Gasteiger partial charge is 0.497 e. The highest BCUT2D eigenvalue weighted by atomic mass is 16.5. The summed E-state index contributed by atoms with van der Waals surface area (Å²) < 4.78 is 10.3. The number of benzene rings is 2. The minimum Gasteiger partial charge on any atom is -0.497 e. The van der Waals surface area contributed by atoms with Gasteiger partial charge in [0.05, 0.1) is 25.8 Å². The third-order valence-corrected chi connectivity index (χ3v) is 4.75. The second-order valence-electron chi connectivity index (χ2n) is 7.03. The first-order valence-corrected chi connectivity index (χ1v) is 10.0. The molecule has 0 saturated heterocycles. The lowest BCUT2D eigenvalue weighted by atomic mass is 10.1. The molecule has 2 aromatic rings. The van der Waals surface area contributed by atoms with Gasteiger partial charge in [0, 0.05) is 24.6 Å². The third-order valence-electron chi connectivity index (χ3n) is 4.75. The van der Waals surface area contributed by atoms with Crippen molar-refractivity contribution in [1.29, 1.82) is 0 Å². The van der Waals surface area contributed by atoms with E-state index in [1.807, 2.05) is 30.3 Å². The van der Waals surface area contributed by atoms with Gasteiger partial charge in [-0.3, -0.25) is 14.4 Å². The Morgan fingerprint density at radius 3 is 2.61 bits per heavy atom. The lowest BCUT2D eigenvalue weighted by Gasteiger charge is -2.15. The highest BCUT2D eigenvalue weighted by Crippen LogP contribution is 2.18. The Bertz CT molecular complexity index is 974. The topological polar surface area (TPSA) is 97.3 Å². The van der Waals surface area contributed by atoms with Crippen LogP contribution in [0.5, 0.6) is 5.75 Å². The van der Waals surface area contributed by atoms with E-state index < -0.39 is 18.0 Å². The number of hydrogen-bond acceptors (Lipinski definition) is 6. The molecule has 0 aromatic heterocycles. The minimum atomic E-state index is -0.997. The number of ether oxygens (including phenoxy) is 2. The second-order valence-corrected chi connectivity index (χ2v) is 7.03. The third kappa shape index (κ3) is 6.15. The Kier molecular flexibility index (Phi) is 7.37. The summed E-state index contributed by atoms with van der Waals surface area (Å²) in [5.74, 6) is -0.741. The van der Waals surface area contributed by atoms with E-state index in [4.69, 9.17) is 9.47 Å². The number of amides is 2. The summed E-state index contributed by atoms with van der Waals surface area (Å²) in [5, 5.41) is 8.41. The van der Waals surface area contributed by atoms with Gasteiger partial charge in [-0.25, -0.2) is 5.01 Å². The number of nitrogens with one attached hydrogen (secondary N) is 1. The lowest BCUT2D eigenvalue weighted by molar-refractivity contribution is -0.154. The fourth-order valence-corrected chi connectivity index (χ4v) is 3.06. The van der Waals surface area contributed by atoms with Crippen molar-refractivity contribution in [3.63, 3.8) is 0 Å². The van der Waals surface area contributed by atoms with Crippen LogP contribution in [0.3, 0.4) is 0 Å². The predicted octanol–water partition coefficient (Wildman–Crippen LogP) is 2.98. The van der Waals surface area contributed by atoms with Crippen LogP contribution in [0.4, 0.5) is 5.69 Å². The molecule has 1 aliphatic heterocycles. The van der Waals surface area contributed by atoms with E-state index in [2.05, 4.69) is 10.4 Å². The maximum atomic E-state index is 12.4. The van der Waals surface area contributed by atoms with Crippen molar-refractivity contribution in [2.24, 2.45) is 5.10 Å². The first kappa shape index (κ1) is 22.0. The first-order chi connectivity index (χ1) is 15.0. The summed E-state index contributed by atoms with van der Waals surface area (Å²) in [4.78, 5) is 36.7. The number of nitrogens with zero attached hydrogens (tertiary/aromatic N) is 2. The Balaban J connectivity index is 1.44. The van der Waals surface area contributed by atoms with Crippen molar-refractivity contribution in [3.8, 4) is 5.75 Å². The van der Waals surface area contributed by atoms with Gasteiger partial charge in [-0.1, -0.05) is 36.4 Å². The summed E-state index contributed by atoms with van der Waals surface area (Å²) in [6.45, 7) is 1.96. The van der Waals surface area contributed by atoms with Crippen LogP contribution in [0.25, 0.3) is 0 Å². The number of carbonyl (C=O) groups is 3. The van der Waals surface area contributed by atoms with Crippen molar-refractivity contribution in [3.05, 3.63) is 60.2 Å². The van der Waals surface area contributed by atoms with E-state index in [0.717, 1.165) is 11.3 Å². The normalized spacial score (nSPS) is 13.9. The average molecular weight is 423 g/mol. The molecule has 0 spiro atoms. The van der Waals surface area contributed by atoms with Gasteiger partial charge in [-0.15, -0.1) is 0 Å². The van der Waals surface area contributed by atoms with Gasteiger partial charge < -0.3 is 14.8 Å². The molecular weight excluding hydrogens is 398 g/mol. The average Bonchev–Trinajstić information content (AvgIpc) is 3.28. The Morgan fingerprint density at radius 2 is 1.87 bits per heavy atom. The lowest BCUT2D eigenvalue weighted by Crippen LogP contribution is -2.30. The van der Waals surface area contributed by atoms with Gasteiger partial charge in [0.1, 0.15) is 5.75 Å². The fourth-order valence-electron chi connectivity index (χ4n) is 3.06. The summed E-state index contributed by atoms with van der Waals surface area (Å²) >= 11 is 0. The van der Waals surface area contributed by atoms with E-state index in [9.17, 15) is 14.4 Å². The predicted molar refractivity (Wildman–Crippen MR) is 116 cm³/mol. The molecule has 1 N–H and O–H groups in total. The quantitative estimate of drug-likeness (QED) is 0.659. The summed E-state index contributed by atoms with van der Waals surface area (Å²) in [6, 6.07) is 16.5. The first-order valence-electron chi connectivity index (χ1n) is 10.0. The van der Waals surface area contributed by atoms with Gasteiger partial charge in [0.25, 0.3) is 5.91 Å². The molecule has 162 valence electrons. The summed E-state index contributed by atoms with van der Waals surface area (Å²) in [7, 11) is 1.53. The van der Waals surface area contributed by atoms with Crippen LogP contribution in [0.2, 0.25) is 0 Å². The second kappa shape index (κ2) is 10.4. The molecule has 2 aromatic carbocycles. The Hall–Kier alpha value is -3.68. The van der Waals surface area contributed by atoms with E-state index in [1.54, 1.807) is 24.3 Å². The minimum absolute atomic E-state index is 0.0331. The molecule has 1 unspecified atom stereocenters. The molecule has 8 nitrogen and oxygen atoms in total. The van der Waals surface area contributed by atoms with E-state index in [1.165, 1.54) is 19.0 Å². The smallest absolute Gasteiger partial charge is 0.307 e. The standard InChI is InChI=1S/C23H25N3O5/c1-16(23(29)24-18-9-6-10-19(15-18)30-2)31-22(28)12-11-21(27)26-14-13-20(25-26)17-7-4-3-5-8-17/h3-10,15-16H,11-14H2,1-2H3,(H,24,29). The number of rotatable bonds is 8. The van der Waals surface area contributed by atoms with E-state index >= 15 is 0 Å². The van der Waals surface area contributed by atoms with Gasteiger partial charge in [-0.2, -0.15) is 5.10 Å². The SMILES string of the molecule is COc1cccc(NC(=O)C(C)OC(=O)CCC(=O)N2CCC(c3ccccc3)=N2)c1. The van der Waals surface area contributed by atoms with Gasteiger partial charge in [-0.05, 0) is 24.6 Å². The number of carbonyl (C=O) groups excluding carboxylic acids is 3. The monoisotopic (exact) mass is 423 g/mol. The maximum absolute atomic E-state index is 12.4. The number of hydrogen-bond donors (Lipinski definition) is 1. The van der Waals surface area contributed by atoms with Crippen LogP contribution in [-0.4, -0.2) is 48.3 Å². The van der Waals surface area contributed by atoms with Crippen molar-refractivity contribution < 1.29 is 23.9 Å². The maximum Gasteiger partial charge on any atom is 0.307 e. The van der Waals surface area contributed by atoms with Gasteiger partial charge >= 0.3 is 5.97 Å². The molecular formula is C23H25N3O5. The zero-order valence-electron chi connectivity index (χ0n) is 17.5. The summed E-state index contributed by atoms with van der Waals surface area (Å²) in [5.41, 5.74) is 2.36. The molecule has 31 heavy (non-hydrogen) atoms. The van der Waals surface area contributed by atoms with Crippen LogP contribution in [0.1, 0.15) is 31.7 Å². The molecule has 2 amide bonds. The van der Waals surface area contributed by atoms with Crippen molar-refractivity contribution in [1.82, 2.24) is 5.01 Å². The van der Waals surface area contributed by atoms with Gasteiger partial charge in [0.2, 0.25) is 5.91 Å². The number of esters is 1. The summed E-state index contributed by atoms with van der Waals surface area (Å²) in [6.07, 6.45) is -0.484. The molecule has 1 aliphatic rings. The van der Waals surface area contributed by atoms with Crippen LogP contribution < -0.4 is 10.1 Å². The van der Waals surface area contributed by atoms with Gasteiger partial charge in [0.15, 0.2) is 6.10 Å².